The highest BCUT2D eigenvalue weighted by Gasteiger charge is 2.35. The van der Waals surface area contributed by atoms with Gasteiger partial charge in [-0.3, -0.25) is 9.13 Å². The third-order valence-corrected chi connectivity index (χ3v) is 4.78. The van der Waals surface area contributed by atoms with E-state index >= 15 is 0 Å². The molecule has 0 N–H and O–H groups in total. The minimum absolute atomic E-state index is 0.124. The molecule has 0 aromatic rings. The molecule has 0 saturated carbocycles. The normalized spacial score (nSPS) is 25.5. The Balaban J connectivity index is 2.18. The van der Waals surface area contributed by atoms with Gasteiger partial charge in [0.15, 0.2) is 16.2 Å². The van der Waals surface area contributed by atoms with E-state index in [1.54, 1.807) is 0 Å². The standard InChI is InChI=1S/C10H24N2OSi/c1-4-6-8-11-10(13-3)12(14-11)9-7-5-2/h10H,4-9,14H2,1-3H3. The van der Waals surface area contributed by atoms with Crippen LogP contribution in [0.3, 0.4) is 0 Å². The molecule has 4 heteroatoms. The predicted octanol–water partition coefficient (Wildman–Crippen LogP) is 1.13. The minimum Gasteiger partial charge on any atom is -0.354 e. The van der Waals surface area contributed by atoms with E-state index in [1.165, 1.54) is 38.8 Å². The fourth-order valence-corrected chi connectivity index (χ4v) is 3.82. The monoisotopic (exact) mass is 216 g/mol. The molecule has 1 fully saturated rings. The van der Waals surface area contributed by atoms with Crippen LogP contribution in [0.5, 0.6) is 0 Å². The van der Waals surface area contributed by atoms with Crippen LogP contribution in [0.2, 0.25) is 0 Å². The second kappa shape index (κ2) is 6.56. The highest BCUT2D eigenvalue weighted by atomic mass is 28.2. The summed E-state index contributed by atoms with van der Waals surface area (Å²) in [6.45, 7) is 6.98. The molecule has 0 spiro atoms. The molecule has 1 rings (SSSR count). The van der Waals surface area contributed by atoms with E-state index in [4.69, 9.17) is 4.74 Å². The smallest absolute Gasteiger partial charge is 0.179 e. The molecule has 3 nitrogen and oxygen atoms in total. The van der Waals surface area contributed by atoms with Crippen LogP contribution in [0, 0.1) is 0 Å². The lowest BCUT2D eigenvalue weighted by molar-refractivity contribution is -0.113. The van der Waals surface area contributed by atoms with Crippen molar-refractivity contribution < 1.29 is 4.74 Å². The minimum atomic E-state index is -0.124. The SMILES string of the molecule is CCCCN1[SiH2]N(CCCC)C1OC. The van der Waals surface area contributed by atoms with Gasteiger partial charge in [0.1, 0.15) is 0 Å². The van der Waals surface area contributed by atoms with Crippen LogP contribution < -0.4 is 0 Å². The second-order valence-corrected chi connectivity index (χ2v) is 5.94. The zero-order valence-electron chi connectivity index (χ0n) is 9.83. The van der Waals surface area contributed by atoms with E-state index in [0.29, 0.717) is 6.35 Å². The van der Waals surface area contributed by atoms with E-state index in [-0.39, 0.29) is 9.84 Å². The molecule has 84 valence electrons. The van der Waals surface area contributed by atoms with Crippen molar-refractivity contribution >= 4 is 9.84 Å². The molecule has 1 aliphatic rings. The summed E-state index contributed by atoms with van der Waals surface area (Å²) in [5.41, 5.74) is 0. The first-order valence-corrected chi connectivity index (χ1v) is 7.10. The first-order valence-electron chi connectivity index (χ1n) is 5.84. The zero-order valence-corrected chi connectivity index (χ0v) is 11.2. The Labute approximate surface area is 90.4 Å². The van der Waals surface area contributed by atoms with Crippen molar-refractivity contribution in [3.05, 3.63) is 0 Å². The van der Waals surface area contributed by atoms with Crippen molar-refractivity contribution in [1.82, 2.24) is 9.13 Å². The lowest BCUT2D eigenvalue weighted by atomic mass is 10.3. The number of hydrogen-bond donors (Lipinski definition) is 0. The summed E-state index contributed by atoms with van der Waals surface area (Å²) in [7, 11) is 1.71. The van der Waals surface area contributed by atoms with Crippen LogP contribution in [0.25, 0.3) is 0 Å². The molecule has 14 heavy (non-hydrogen) atoms. The Morgan fingerprint density at radius 3 is 1.93 bits per heavy atom. The molecule has 0 unspecified atom stereocenters. The van der Waals surface area contributed by atoms with Crippen LogP contribution in [0.15, 0.2) is 0 Å². The van der Waals surface area contributed by atoms with Gasteiger partial charge < -0.3 is 4.74 Å². The second-order valence-electron chi connectivity index (χ2n) is 4.04. The Kier molecular flexibility index (Phi) is 5.70. The zero-order chi connectivity index (χ0) is 10.4. The third kappa shape index (κ3) is 3.05. The third-order valence-electron chi connectivity index (χ3n) is 2.80. The number of methoxy groups -OCH3 is 1. The maximum absolute atomic E-state index is 5.49. The molecule has 0 aliphatic carbocycles. The van der Waals surface area contributed by atoms with Crippen LogP contribution >= 0.6 is 0 Å². The lowest BCUT2D eigenvalue weighted by Gasteiger charge is -2.49. The fraction of sp³-hybridized carbons (Fsp3) is 1.00. The molecular weight excluding hydrogens is 192 g/mol. The topological polar surface area (TPSA) is 15.7 Å². The molecule has 0 amide bonds. The molecular formula is C10H24N2OSi. The van der Waals surface area contributed by atoms with Gasteiger partial charge in [0.05, 0.1) is 0 Å². The van der Waals surface area contributed by atoms with E-state index in [9.17, 15) is 0 Å². The van der Waals surface area contributed by atoms with Crippen LogP contribution in [-0.4, -0.2) is 45.5 Å². The van der Waals surface area contributed by atoms with Crippen molar-refractivity contribution in [3.63, 3.8) is 0 Å². The number of rotatable bonds is 7. The van der Waals surface area contributed by atoms with E-state index in [1.807, 2.05) is 7.11 Å². The number of nitrogens with zero attached hydrogens (tertiary/aromatic N) is 2. The maximum Gasteiger partial charge on any atom is 0.179 e. The maximum atomic E-state index is 5.49. The average Bonchev–Trinajstić information content (AvgIpc) is 2.16. The molecule has 1 saturated heterocycles. The Morgan fingerprint density at radius 1 is 1.07 bits per heavy atom. The van der Waals surface area contributed by atoms with Gasteiger partial charge in [-0.25, -0.2) is 0 Å². The fourth-order valence-electron chi connectivity index (χ4n) is 1.89. The van der Waals surface area contributed by atoms with Gasteiger partial charge in [0, 0.05) is 7.11 Å². The van der Waals surface area contributed by atoms with Gasteiger partial charge in [0.25, 0.3) is 0 Å². The number of hydrogen-bond acceptors (Lipinski definition) is 3. The lowest BCUT2D eigenvalue weighted by Crippen LogP contribution is -2.67. The number of unbranched alkanes of at least 4 members (excludes halogenated alkanes) is 2. The molecule has 1 aliphatic heterocycles. The van der Waals surface area contributed by atoms with Gasteiger partial charge in [-0.15, -0.1) is 0 Å². The molecule has 0 radical (unpaired) electrons. The van der Waals surface area contributed by atoms with Crippen LogP contribution in [-0.2, 0) is 4.74 Å². The quantitative estimate of drug-likeness (QED) is 0.594. The van der Waals surface area contributed by atoms with Crippen LogP contribution in [0.1, 0.15) is 39.5 Å². The van der Waals surface area contributed by atoms with Crippen molar-refractivity contribution in [1.29, 1.82) is 0 Å². The Bertz CT molecular complexity index is 143. The van der Waals surface area contributed by atoms with Crippen LogP contribution in [0.4, 0.5) is 0 Å². The van der Waals surface area contributed by atoms with Gasteiger partial charge in [0.2, 0.25) is 0 Å². The summed E-state index contributed by atoms with van der Waals surface area (Å²) in [5, 5.41) is 0. The van der Waals surface area contributed by atoms with E-state index in [2.05, 4.69) is 23.0 Å². The van der Waals surface area contributed by atoms with Gasteiger partial charge in [-0.2, -0.15) is 0 Å². The molecule has 0 atom stereocenters. The highest BCUT2D eigenvalue weighted by Crippen LogP contribution is 2.18. The van der Waals surface area contributed by atoms with Gasteiger partial charge in [-0.05, 0) is 25.9 Å². The highest BCUT2D eigenvalue weighted by molar-refractivity contribution is 6.31. The Hall–Kier alpha value is 0.0969. The molecule has 0 aromatic carbocycles. The van der Waals surface area contributed by atoms with E-state index < -0.39 is 0 Å². The first-order chi connectivity index (χ1) is 6.83. The predicted molar refractivity (Wildman–Crippen MR) is 62.6 cm³/mol. The molecule has 0 bridgehead atoms. The summed E-state index contributed by atoms with van der Waals surface area (Å²) >= 11 is 0. The summed E-state index contributed by atoms with van der Waals surface area (Å²) in [6, 6.07) is 0. The summed E-state index contributed by atoms with van der Waals surface area (Å²) in [4.78, 5) is 0. The van der Waals surface area contributed by atoms with Crippen molar-refractivity contribution in [2.24, 2.45) is 0 Å². The summed E-state index contributed by atoms with van der Waals surface area (Å²) < 4.78 is 10.6. The summed E-state index contributed by atoms with van der Waals surface area (Å²) in [6.07, 6.45) is 5.52. The van der Waals surface area contributed by atoms with Crippen molar-refractivity contribution in [2.45, 2.75) is 45.9 Å². The average molecular weight is 216 g/mol. The van der Waals surface area contributed by atoms with Crippen molar-refractivity contribution in [2.75, 3.05) is 20.2 Å². The van der Waals surface area contributed by atoms with Gasteiger partial charge in [-0.1, -0.05) is 26.7 Å². The first kappa shape index (κ1) is 12.2. The molecule has 0 aromatic heterocycles. The van der Waals surface area contributed by atoms with Gasteiger partial charge >= 0.3 is 0 Å². The van der Waals surface area contributed by atoms with E-state index in [0.717, 1.165) is 0 Å². The Morgan fingerprint density at radius 2 is 1.57 bits per heavy atom. The summed E-state index contributed by atoms with van der Waals surface area (Å²) in [5.74, 6) is 0. The largest absolute Gasteiger partial charge is 0.354 e. The number of ether oxygens (including phenoxy) is 1. The molecule has 1 heterocycles. The van der Waals surface area contributed by atoms with Crippen molar-refractivity contribution in [3.8, 4) is 0 Å².